The third-order valence-corrected chi connectivity index (χ3v) is 2.27. The number of rotatable bonds is 5. The molecule has 1 atom stereocenters. The zero-order valence-corrected chi connectivity index (χ0v) is 9.99. The Morgan fingerprint density at radius 1 is 1.56 bits per heavy atom. The zero-order chi connectivity index (χ0) is 12.0. The quantitative estimate of drug-likeness (QED) is 0.563. The number of pyridine rings is 1. The van der Waals surface area contributed by atoms with Gasteiger partial charge in [-0.2, -0.15) is 0 Å². The second-order valence-corrected chi connectivity index (χ2v) is 3.29. The summed E-state index contributed by atoms with van der Waals surface area (Å²) in [6.45, 7) is 8.06. The van der Waals surface area contributed by atoms with Gasteiger partial charge in [0.05, 0.1) is 18.4 Å². The van der Waals surface area contributed by atoms with Crippen molar-refractivity contribution in [3.63, 3.8) is 0 Å². The highest BCUT2D eigenvalue weighted by atomic mass is 16.5. The number of ether oxygens (including phenoxy) is 2. The first kappa shape index (κ1) is 12.5. The van der Waals surface area contributed by atoms with Gasteiger partial charge in [0.1, 0.15) is 0 Å². The van der Waals surface area contributed by atoms with E-state index in [0.29, 0.717) is 12.4 Å². The van der Waals surface area contributed by atoms with Crippen LogP contribution < -0.4 is 0 Å². The summed E-state index contributed by atoms with van der Waals surface area (Å²) >= 11 is 0. The van der Waals surface area contributed by atoms with Crippen LogP contribution in [0.2, 0.25) is 0 Å². The highest BCUT2D eigenvalue weighted by molar-refractivity contribution is 5.57. The SMILES string of the molecule is C=C=C(OCC)c1ccc(C(C)OC)nc1. The van der Waals surface area contributed by atoms with E-state index in [9.17, 15) is 0 Å². The molecule has 1 aromatic heterocycles. The lowest BCUT2D eigenvalue weighted by molar-refractivity contribution is 0.116. The van der Waals surface area contributed by atoms with Crippen LogP contribution in [-0.2, 0) is 9.47 Å². The Bertz CT molecular complexity index is 377. The molecule has 0 spiro atoms. The first-order valence-electron chi connectivity index (χ1n) is 5.24. The Labute approximate surface area is 96.4 Å². The summed E-state index contributed by atoms with van der Waals surface area (Å²) in [5.41, 5.74) is 4.53. The molecule has 0 saturated heterocycles. The highest BCUT2D eigenvalue weighted by Gasteiger charge is 2.07. The largest absolute Gasteiger partial charge is 0.486 e. The van der Waals surface area contributed by atoms with Gasteiger partial charge in [-0.3, -0.25) is 4.98 Å². The molecule has 0 bridgehead atoms. The predicted octanol–water partition coefficient (Wildman–Crippen LogP) is 2.95. The van der Waals surface area contributed by atoms with E-state index in [-0.39, 0.29) is 6.10 Å². The van der Waals surface area contributed by atoms with Crippen molar-refractivity contribution in [1.29, 1.82) is 0 Å². The maximum atomic E-state index is 5.38. The fourth-order valence-electron chi connectivity index (χ4n) is 1.28. The molecule has 0 N–H and O–H groups in total. The molecule has 0 aliphatic heterocycles. The lowest BCUT2D eigenvalue weighted by atomic mass is 10.2. The van der Waals surface area contributed by atoms with Crippen LogP contribution in [0.25, 0.3) is 5.76 Å². The van der Waals surface area contributed by atoms with Crippen LogP contribution in [0.4, 0.5) is 0 Å². The van der Waals surface area contributed by atoms with Crippen molar-refractivity contribution in [1.82, 2.24) is 4.98 Å². The van der Waals surface area contributed by atoms with Crippen LogP contribution in [-0.4, -0.2) is 18.7 Å². The summed E-state index contributed by atoms with van der Waals surface area (Å²) in [4.78, 5) is 4.31. The molecular formula is C13H17NO2. The standard InChI is InChI=1S/C13H17NO2/c1-5-13(16-6-2)11-7-8-12(14-9-11)10(3)15-4/h7-10H,1,6H2,2-4H3. The van der Waals surface area contributed by atoms with Gasteiger partial charge < -0.3 is 9.47 Å². The third kappa shape index (κ3) is 2.96. The molecule has 0 fully saturated rings. The summed E-state index contributed by atoms with van der Waals surface area (Å²) < 4.78 is 10.6. The summed E-state index contributed by atoms with van der Waals surface area (Å²) in [6.07, 6.45) is 1.74. The second kappa shape index (κ2) is 6.11. The van der Waals surface area contributed by atoms with Crippen molar-refractivity contribution < 1.29 is 9.47 Å². The van der Waals surface area contributed by atoms with E-state index < -0.39 is 0 Å². The van der Waals surface area contributed by atoms with Crippen LogP contribution >= 0.6 is 0 Å². The molecule has 3 heteroatoms. The van der Waals surface area contributed by atoms with Crippen molar-refractivity contribution in [3.05, 3.63) is 41.9 Å². The van der Waals surface area contributed by atoms with Crippen LogP contribution in [0.3, 0.4) is 0 Å². The molecule has 3 nitrogen and oxygen atoms in total. The van der Waals surface area contributed by atoms with E-state index in [4.69, 9.17) is 9.47 Å². The average molecular weight is 219 g/mol. The van der Waals surface area contributed by atoms with E-state index in [1.807, 2.05) is 26.0 Å². The molecule has 0 aliphatic carbocycles. The molecule has 16 heavy (non-hydrogen) atoms. The maximum Gasteiger partial charge on any atom is 0.170 e. The molecule has 86 valence electrons. The molecule has 0 radical (unpaired) electrons. The van der Waals surface area contributed by atoms with Gasteiger partial charge in [-0.05, 0) is 26.0 Å². The van der Waals surface area contributed by atoms with Crippen LogP contribution in [0.1, 0.15) is 31.2 Å². The van der Waals surface area contributed by atoms with Gasteiger partial charge in [-0.1, -0.05) is 12.3 Å². The Balaban J connectivity index is 2.89. The summed E-state index contributed by atoms with van der Waals surface area (Å²) in [7, 11) is 1.66. The molecule has 1 heterocycles. The van der Waals surface area contributed by atoms with Gasteiger partial charge in [0.15, 0.2) is 5.76 Å². The lowest BCUT2D eigenvalue weighted by Crippen LogP contribution is -2.00. The molecule has 1 aromatic rings. The normalized spacial score (nSPS) is 11.7. The molecular weight excluding hydrogens is 202 g/mol. The smallest absolute Gasteiger partial charge is 0.170 e. The molecule has 0 amide bonds. The van der Waals surface area contributed by atoms with Crippen molar-refractivity contribution in [2.45, 2.75) is 20.0 Å². The van der Waals surface area contributed by atoms with E-state index >= 15 is 0 Å². The van der Waals surface area contributed by atoms with E-state index in [1.54, 1.807) is 13.3 Å². The minimum absolute atomic E-state index is 0.00250. The highest BCUT2D eigenvalue weighted by Crippen LogP contribution is 2.17. The topological polar surface area (TPSA) is 31.4 Å². The fraction of sp³-hybridized carbons (Fsp3) is 0.385. The number of aromatic nitrogens is 1. The Kier molecular flexibility index (Phi) is 4.77. The van der Waals surface area contributed by atoms with Gasteiger partial charge in [-0.25, -0.2) is 0 Å². The van der Waals surface area contributed by atoms with E-state index in [1.165, 1.54) is 0 Å². The van der Waals surface area contributed by atoms with Gasteiger partial charge in [-0.15, -0.1) is 0 Å². The average Bonchev–Trinajstić information content (AvgIpc) is 2.35. The molecule has 0 aliphatic rings. The van der Waals surface area contributed by atoms with Crippen molar-refractivity contribution in [2.24, 2.45) is 0 Å². The van der Waals surface area contributed by atoms with Crippen LogP contribution in [0, 0.1) is 0 Å². The molecule has 1 unspecified atom stereocenters. The molecule has 0 aromatic carbocycles. The third-order valence-electron chi connectivity index (χ3n) is 2.27. The molecule has 0 saturated carbocycles. The summed E-state index contributed by atoms with van der Waals surface area (Å²) in [6, 6.07) is 3.85. The number of methoxy groups -OCH3 is 1. The van der Waals surface area contributed by atoms with Crippen molar-refractivity contribution in [2.75, 3.05) is 13.7 Å². The monoisotopic (exact) mass is 219 g/mol. The minimum Gasteiger partial charge on any atom is -0.486 e. The number of hydrogen-bond donors (Lipinski definition) is 0. The van der Waals surface area contributed by atoms with E-state index in [0.717, 1.165) is 11.3 Å². The Morgan fingerprint density at radius 3 is 2.75 bits per heavy atom. The van der Waals surface area contributed by atoms with Gasteiger partial charge in [0.25, 0.3) is 0 Å². The first-order chi connectivity index (χ1) is 7.72. The fourth-order valence-corrected chi connectivity index (χ4v) is 1.28. The second-order valence-electron chi connectivity index (χ2n) is 3.29. The van der Waals surface area contributed by atoms with Crippen molar-refractivity contribution in [3.8, 4) is 0 Å². The van der Waals surface area contributed by atoms with Crippen LogP contribution in [0.5, 0.6) is 0 Å². The lowest BCUT2D eigenvalue weighted by Gasteiger charge is -2.10. The maximum absolute atomic E-state index is 5.38. The summed E-state index contributed by atoms with van der Waals surface area (Å²) in [5, 5.41) is 0. The van der Waals surface area contributed by atoms with Crippen molar-refractivity contribution >= 4 is 5.76 Å². The summed E-state index contributed by atoms with van der Waals surface area (Å²) in [5.74, 6) is 0.631. The Hall–Kier alpha value is -1.57. The zero-order valence-electron chi connectivity index (χ0n) is 9.99. The van der Waals surface area contributed by atoms with Gasteiger partial charge in [0, 0.05) is 18.9 Å². The van der Waals surface area contributed by atoms with Gasteiger partial charge in [0.2, 0.25) is 0 Å². The Morgan fingerprint density at radius 2 is 2.31 bits per heavy atom. The van der Waals surface area contributed by atoms with Gasteiger partial charge >= 0.3 is 0 Å². The first-order valence-corrected chi connectivity index (χ1v) is 5.24. The number of hydrogen-bond acceptors (Lipinski definition) is 3. The minimum atomic E-state index is -0.00250. The number of nitrogens with zero attached hydrogens (tertiary/aromatic N) is 1. The molecule has 1 rings (SSSR count). The predicted molar refractivity (Wildman–Crippen MR) is 63.8 cm³/mol. The van der Waals surface area contributed by atoms with E-state index in [2.05, 4.69) is 17.3 Å². The van der Waals surface area contributed by atoms with Crippen LogP contribution in [0.15, 0.2) is 30.6 Å².